The van der Waals surface area contributed by atoms with E-state index in [1.54, 1.807) is 6.92 Å². The second-order valence-corrected chi connectivity index (χ2v) is 6.88. The normalized spacial score (nSPS) is 11.7. The summed E-state index contributed by atoms with van der Waals surface area (Å²) in [7, 11) is 1.91. The van der Waals surface area contributed by atoms with Gasteiger partial charge in [0.1, 0.15) is 17.0 Å². The number of ether oxygens (including phenoxy) is 1. The Kier molecular flexibility index (Phi) is 5.82. The van der Waals surface area contributed by atoms with Crippen molar-refractivity contribution in [3.05, 3.63) is 58.2 Å². The number of para-hydroxylation sites is 1. The molecular formula is C21H19BrN2O3. The van der Waals surface area contributed by atoms with Crippen molar-refractivity contribution >= 4 is 32.8 Å². The average Bonchev–Trinajstić information content (AvgIpc) is 2.94. The minimum absolute atomic E-state index is 0.0155. The fourth-order valence-electron chi connectivity index (χ4n) is 3.05. The number of halogens is 1. The lowest BCUT2D eigenvalue weighted by Crippen LogP contribution is -2.05. The zero-order valence-corrected chi connectivity index (χ0v) is 16.7. The lowest BCUT2D eigenvalue weighted by atomic mass is 9.96. The van der Waals surface area contributed by atoms with E-state index in [0.717, 1.165) is 32.4 Å². The first-order chi connectivity index (χ1) is 13.0. The molecule has 1 heterocycles. The number of carbonyl (C=O) groups is 1. The first-order valence-corrected chi connectivity index (χ1v) is 9.26. The van der Waals surface area contributed by atoms with Crippen LogP contribution in [0.4, 0.5) is 0 Å². The Morgan fingerprint density at radius 2 is 2.04 bits per heavy atom. The van der Waals surface area contributed by atoms with Gasteiger partial charge >= 0.3 is 5.97 Å². The summed E-state index contributed by atoms with van der Waals surface area (Å²) in [6.45, 7) is 2.12. The second-order valence-electron chi connectivity index (χ2n) is 6.13. The summed E-state index contributed by atoms with van der Waals surface area (Å²) < 4.78 is 8.58. The molecule has 0 radical (unpaired) electrons. The Hall–Kier alpha value is -2.78. The van der Waals surface area contributed by atoms with Crippen LogP contribution in [0.3, 0.4) is 0 Å². The van der Waals surface area contributed by atoms with Crippen molar-refractivity contribution in [1.29, 1.82) is 0 Å². The Labute approximate surface area is 166 Å². The molecule has 6 heteroatoms. The fourth-order valence-corrected chi connectivity index (χ4v) is 3.61. The van der Waals surface area contributed by atoms with E-state index in [2.05, 4.69) is 32.9 Å². The van der Waals surface area contributed by atoms with Gasteiger partial charge < -0.3 is 9.84 Å². The van der Waals surface area contributed by atoms with Gasteiger partial charge in [0.25, 0.3) is 0 Å². The molecule has 1 aromatic heterocycles. The number of hydrogen-bond donors (Lipinski definition) is 1. The van der Waals surface area contributed by atoms with E-state index in [1.165, 1.54) is 0 Å². The number of carboxylic acid groups (broad SMARTS) is 1. The molecule has 3 rings (SSSR count). The van der Waals surface area contributed by atoms with Crippen LogP contribution in [0.5, 0.6) is 5.75 Å². The van der Waals surface area contributed by atoms with E-state index in [0.29, 0.717) is 6.61 Å². The van der Waals surface area contributed by atoms with E-state index < -0.39 is 5.97 Å². The summed E-state index contributed by atoms with van der Waals surface area (Å²) in [6, 6.07) is 13.5. The third kappa shape index (κ3) is 4.32. The van der Waals surface area contributed by atoms with Crippen molar-refractivity contribution in [2.75, 3.05) is 0 Å². The zero-order chi connectivity index (χ0) is 19.4. The van der Waals surface area contributed by atoms with Crippen LogP contribution >= 0.6 is 15.9 Å². The van der Waals surface area contributed by atoms with Gasteiger partial charge in [-0.1, -0.05) is 36.3 Å². The molecule has 2 aromatic carbocycles. The van der Waals surface area contributed by atoms with Gasteiger partial charge in [0.05, 0.1) is 17.9 Å². The fraction of sp³-hybridized carbons (Fsp3) is 0.238. The van der Waals surface area contributed by atoms with Crippen LogP contribution in [-0.4, -0.2) is 20.9 Å². The highest BCUT2D eigenvalue weighted by Gasteiger charge is 2.14. The van der Waals surface area contributed by atoms with E-state index in [1.807, 2.05) is 54.2 Å². The summed E-state index contributed by atoms with van der Waals surface area (Å²) in [5, 5.41) is 14.5. The first kappa shape index (κ1) is 19.0. The van der Waals surface area contributed by atoms with Gasteiger partial charge in [-0.3, -0.25) is 9.48 Å². The molecule has 0 aliphatic rings. The number of aryl methyl sites for hydroxylation is 1. The third-order valence-corrected chi connectivity index (χ3v) is 4.86. The zero-order valence-electron chi connectivity index (χ0n) is 15.1. The smallest absolute Gasteiger partial charge is 0.304 e. The second kappa shape index (κ2) is 8.28. The molecule has 138 valence electrons. The SMILES string of the molecule is CC#CC(CC(=O)O)c1ccc(OCc2cccc3c(Br)nn(C)c23)cc1. The predicted molar refractivity (Wildman–Crippen MR) is 108 cm³/mol. The van der Waals surface area contributed by atoms with Crippen molar-refractivity contribution in [3.63, 3.8) is 0 Å². The lowest BCUT2D eigenvalue weighted by Gasteiger charge is -2.11. The van der Waals surface area contributed by atoms with Crippen LogP contribution in [0.1, 0.15) is 30.4 Å². The number of rotatable bonds is 6. The van der Waals surface area contributed by atoms with Gasteiger partial charge in [-0.05, 0) is 40.5 Å². The van der Waals surface area contributed by atoms with Gasteiger partial charge in [-0.2, -0.15) is 5.10 Å². The summed E-state index contributed by atoms with van der Waals surface area (Å²) in [6.07, 6.45) is -0.0155. The highest BCUT2D eigenvalue weighted by Crippen LogP contribution is 2.27. The molecule has 1 unspecified atom stereocenters. The van der Waals surface area contributed by atoms with Crippen molar-refractivity contribution in [3.8, 4) is 17.6 Å². The standard InChI is InChI=1S/C21H19BrN2O3/c1-3-5-15(12-19(25)26)14-8-10-17(11-9-14)27-13-16-6-4-7-18-20(16)24(2)23-21(18)22/h4,6-11,15H,12-13H2,1-2H3,(H,25,26). The van der Waals surface area contributed by atoms with Gasteiger partial charge in [0.2, 0.25) is 0 Å². The van der Waals surface area contributed by atoms with Gasteiger partial charge in [0.15, 0.2) is 0 Å². The molecule has 1 N–H and O–H groups in total. The number of fused-ring (bicyclic) bond motifs is 1. The number of nitrogens with zero attached hydrogens (tertiary/aromatic N) is 2. The van der Waals surface area contributed by atoms with Gasteiger partial charge in [0, 0.05) is 18.0 Å². The molecule has 0 aliphatic carbocycles. The van der Waals surface area contributed by atoms with E-state index >= 15 is 0 Å². The summed E-state index contributed by atoms with van der Waals surface area (Å²) >= 11 is 3.47. The minimum Gasteiger partial charge on any atom is -0.489 e. The lowest BCUT2D eigenvalue weighted by molar-refractivity contribution is -0.137. The van der Waals surface area contributed by atoms with E-state index in [4.69, 9.17) is 9.84 Å². The van der Waals surface area contributed by atoms with Crippen molar-refractivity contribution in [2.45, 2.75) is 25.9 Å². The number of aliphatic carboxylic acids is 1. The van der Waals surface area contributed by atoms with Crippen LogP contribution < -0.4 is 4.74 Å². The maximum Gasteiger partial charge on any atom is 0.304 e. The summed E-state index contributed by atoms with van der Waals surface area (Å²) in [4.78, 5) is 11.0. The molecule has 27 heavy (non-hydrogen) atoms. The van der Waals surface area contributed by atoms with Crippen LogP contribution in [0.25, 0.3) is 10.9 Å². The Morgan fingerprint density at radius 1 is 1.30 bits per heavy atom. The summed E-state index contributed by atoms with van der Waals surface area (Å²) in [5.74, 6) is 5.29. The molecule has 0 saturated heterocycles. The molecule has 0 saturated carbocycles. The quantitative estimate of drug-likeness (QED) is 0.589. The molecule has 1 atom stereocenters. The monoisotopic (exact) mass is 426 g/mol. The highest BCUT2D eigenvalue weighted by atomic mass is 79.9. The minimum atomic E-state index is -0.862. The molecular weight excluding hydrogens is 408 g/mol. The molecule has 3 aromatic rings. The number of benzene rings is 2. The maximum absolute atomic E-state index is 11.0. The van der Waals surface area contributed by atoms with Crippen molar-refractivity contribution in [1.82, 2.24) is 9.78 Å². The Bertz CT molecular complexity index is 1030. The molecule has 0 fully saturated rings. The maximum atomic E-state index is 11.0. The van der Waals surface area contributed by atoms with Crippen LogP contribution in [-0.2, 0) is 18.4 Å². The molecule has 0 amide bonds. The Morgan fingerprint density at radius 3 is 2.70 bits per heavy atom. The molecule has 0 bridgehead atoms. The molecule has 0 spiro atoms. The molecule has 0 aliphatic heterocycles. The van der Waals surface area contributed by atoms with Gasteiger partial charge in [-0.25, -0.2) is 0 Å². The number of aromatic nitrogens is 2. The van der Waals surface area contributed by atoms with Crippen LogP contribution in [0.15, 0.2) is 47.1 Å². The van der Waals surface area contributed by atoms with Gasteiger partial charge in [-0.15, -0.1) is 5.92 Å². The third-order valence-electron chi connectivity index (χ3n) is 4.28. The number of carboxylic acids is 1. The van der Waals surface area contributed by atoms with Crippen LogP contribution in [0, 0.1) is 11.8 Å². The average molecular weight is 427 g/mol. The van der Waals surface area contributed by atoms with E-state index in [9.17, 15) is 4.79 Å². The largest absolute Gasteiger partial charge is 0.489 e. The first-order valence-electron chi connectivity index (χ1n) is 8.46. The number of hydrogen-bond acceptors (Lipinski definition) is 3. The topological polar surface area (TPSA) is 64.3 Å². The van der Waals surface area contributed by atoms with Crippen molar-refractivity contribution < 1.29 is 14.6 Å². The van der Waals surface area contributed by atoms with E-state index in [-0.39, 0.29) is 12.3 Å². The highest BCUT2D eigenvalue weighted by molar-refractivity contribution is 9.10. The Balaban J connectivity index is 1.76. The van der Waals surface area contributed by atoms with Crippen LogP contribution in [0.2, 0.25) is 0 Å². The summed E-state index contributed by atoms with van der Waals surface area (Å²) in [5.41, 5.74) is 2.94. The van der Waals surface area contributed by atoms with Crippen molar-refractivity contribution in [2.24, 2.45) is 7.05 Å². The predicted octanol–water partition coefficient (Wildman–Crippen LogP) is 4.50. The molecule has 5 nitrogen and oxygen atoms in total.